The van der Waals surface area contributed by atoms with Crippen molar-refractivity contribution < 1.29 is 9.53 Å². The van der Waals surface area contributed by atoms with Crippen molar-refractivity contribution in [3.8, 4) is 0 Å². The molecule has 72 valence electrons. The maximum atomic E-state index is 11.2. The predicted molar refractivity (Wildman–Crippen MR) is 47.2 cm³/mol. The second-order valence-electron chi connectivity index (χ2n) is 2.67. The monoisotopic (exact) mass is 193 g/mol. The van der Waals surface area contributed by atoms with Crippen LogP contribution in [0.2, 0.25) is 0 Å². The number of carbonyl (C=O) groups excluding carboxylic acids is 1. The van der Waals surface area contributed by atoms with E-state index in [-0.39, 0.29) is 5.56 Å². The number of methoxy groups -OCH3 is 1. The lowest BCUT2D eigenvalue weighted by Gasteiger charge is -1.90. The van der Waals surface area contributed by atoms with Crippen LogP contribution in [0, 0.1) is 0 Å². The van der Waals surface area contributed by atoms with Gasteiger partial charge in [-0.15, -0.1) is 0 Å². The van der Waals surface area contributed by atoms with Gasteiger partial charge in [0.05, 0.1) is 12.7 Å². The van der Waals surface area contributed by atoms with E-state index in [9.17, 15) is 9.59 Å². The fourth-order valence-electron chi connectivity index (χ4n) is 1.17. The number of hydrogen-bond acceptors (Lipinski definition) is 4. The molecule has 2 rings (SSSR count). The number of esters is 1. The zero-order valence-electron chi connectivity index (χ0n) is 7.35. The molecule has 6 heteroatoms. The molecule has 0 amide bonds. The highest BCUT2D eigenvalue weighted by molar-refractivity contribution is 5.90. The summed E-state index contributed by atoms with van der Waals surface area (Å²) in [6, 6.07) is 1.43. The van der Waals surface area contributed by atoms with Gasteiger partial charge in [0, 0.05) is 6.20 Å². The predicted octanol–water partition coefficient (Wildman–Crippen LogP) is -0.191. The summed E-state index contributed by atoms with van der Waals surface area (Å²) in [6.45, 7) is 0. The highest BCUT2D eigenvalue weighted by atomic mass is 16.5. The van der Waals surface area contributed by atoms with Gasteiger partial charge >= 0.3 is 5.97 Å². The third kappa shape index (κ3) is 1.17. The number of carbonyl (C=O) groups is 1. The molecule has 0 aliphatic heterocycles. The van der Waals surface area contributed by atoms with E-state index >= 15 is 0 Å². The summed E-state index contributed by atoms with van der Waals surface area (Å²) in [5.74, 6) is -0.491. The summed E-state index contributed by atoms with van der Waals surface area (Å²) in [5, 5.41) is 3.83. The van der Waals surface area contributed by atoms with Crippen LogP contribution in [-0.4, -0.2) is 27.7 Å². The Morgan fingerprint density at radius 2 is 2.43 bits per heavy atom. The number of aromatic nitrogens is 3. The second kappa shape index (κ2) is 2.99. The molecule has 2 aromatic rings. The minimum atomic E-state index is -0.491. The molecule has 0 bridgehead atoms. The Morgan fingerprint density at radius 3 is 3.07 bits per heavy atom. The Bertz CT molecular complexity index is 540. The van der Waals surface area contributed by atoms with E-state index < -0.39 is 5.97 Å². The molecule has 0 atom stereocenters. The molecule has 0 unspecified atom stereocenters. The fourth-order valence-corrected chi connectivity index (χ4v) is 1.17. The molecule has 0 aliphatic carbocycles. The van der Waals surface area contributed by atoms with Crippen LogP contribution < -0.4 is 5.56 Å². The van der Waals surface area contributed by atoms with Gasteiger partial charge in [0.2, 0.25) is 0 Å². The summed E-state index contributed by atoms with van der Waals surface area (Å²) in [5.41, 5.74) is 0.319. The molecule has 2 heterocycles. The van der Waals surface area contributed by atoms with Crippen LogP contribution in [-0.2, 0) is 4.74 Å². The van der Waals surface area contributed by atoms with Crippen molar-refractivity contribution in [3.63, 3.8) is 0 Å². The molecule has 0 spiro atoms. The van der Waals surface area contributed by atoms with Crippen LogP contribution >= 0.6 is 0 Å². The minimum Gasteiger partial charge on any atom is -0.465 e. The van der Waals surface area contributed by atoms with Crippen molar-refractivity contribution in [2.75, 3.05) is 7.11 Å². The van der Waals surface area contributed by atoms with E-state index in [1.807, 2.05) is 0 Å². The molecule has 6 nitrogen and oxygen atoms in total. The Morgan fingerprint density at radius 1 is 1.64 bits per heavy atom. The molecular formula is C8H7N3O3. The van der Waals surface area contributed by atoms with E-state index in [0.29, 0.717) is 11.1 Å². The highest BCUT2D eigenvalue weighted by Crippen LogP contribution is 2.04. The van der Waals surface area contributed by atoms with Gasteiger partial charge in [0.15, 0.2) is 0 Å². The minimum absolute atomic E-state index is 0.296. The summed E-state index contributed by atoms with van der Waals surface area (Å²) in [7, 11) is 1.28. The van der Waals surface area contributed by atoms with Crippen molar-refractivity contribution in [1.82, 2.24) is 14.6 Å². The SMILES string of the molecule is COC(=O)c1cc2c(=O)[nH]cnn2c1. The normalized spacial score (nSPS) is 10.4. The number of rotatable bonds is 1. The number of fused-ring (bicyclic) bond motifs is 1. The number of ether oxygens (including phenoxy) is 1. The van der Waals surface area contributed by atoms with Crippen LogP contribution in [0.3, 0.4) is 0 Å². The second-order valence-corrected chi connectivity index (χ2v) is 2.67. The van der Waals surface area contributed by atoms with Gasteiger partial charge in [0.1, 0.15) is 11.8 Å². The maximum absolute atomic E-state index is 11.2. The highest BCUT2D eigenvalue weighted by Gasteiger charge is 2.10. The summed E-state index contributed by atoms with van der Waals surface area (Å²) < 4.78 is 5.84. The van der Waals surface area contributed by atoms with Crippen LogP contribution in [0.25, 0.3) is 5.52 Å². The number of H-pyrrole nitrogens is 1. The van der Waals surface area contributed by atoms with E-state index in [1.165, 1.54) is 30.2 Å². The molecule has 0 aliphatic rings. The lowest BCUT2D eigenvalue weighted by atomic mass is 10.3. The first-order valence-corrected chi connectivity index (χ1v) is 3.87. The number of nitrogens with zero attached hydrogens (tertiary/aromatic N) is 2. The van der Waals surface area contributed by atoms with E-state index in [0.717, 1.165) is 0 Å². The standard InChI is InChI=1S/C8H7N3O3/c1-14-8(13)5-2-6-7(12)9-4-10-11(6)3-5/h2-4H,1H3,(H,9,10,12). The van der Waals surface area contributed by atoms with Crippen molar-refractivity contribution >= 4 is 11.5 Å². The van der Waals surface area contributed by atoms with Crippen molar-refractivity contribution in [2.45, 2.75) is 0 Å². The quantitative estimate of drug-likeness (QED) is 0.637. The summed E-state index contributed by atoms with van der Waals surface area (Å²) in [6.07, 6.45) is 2.70. The average Bonchev–Trinajstić information content (AvgIpc) is 2.62. The van der Waals surface area contributed by atoms with Gasteiger partial charge in [-0.25, -0.2) is 9.31 Å². The van der Waals surface area contributed by atoms with Gasteiger partial charge in [-0.3, -0.25) is 4.79 Å². The van der Waals surface area contributed by atoms with Gasteiger partial charge in [-0.05, 0) is 6.07 Å². The molecule has 0 radical (unpaired) electrons. The van der Waals surface area contributed by atoms with Crippen LogP contribution in [0.5, 0.6) is 0 Å². The van der Waals surface area contributed by atoms with Crippen LogP contribution in [0.15, 0.2) is 23.4 Å². The lowest BCUT2D eigenvalue weighted by Crippen LogP contribution is -2.09. The lowest BCUT2D eigenvalue weighted by molar-refractivity contribution is 0.0601. The first-order chi connectivity index (χ1) is 6.72. The third-order valence-corrected chi connectivity index (χ3v) is 1.83. The molecule has 14 heavy (non-hydrogen) atoms. The summed E-state index contributed by atoms with van der Waals surface area (Å²) in [4.78, 5) is 24.8. The van der Waals surface area contributed by atoms with Crippen molar-refractivity contribution in [1.29, 1.82) is 0 Å². The molecule has 0 aromatic carbocycles. The largest absolute Gasteiger partial charge is 0.465 e. The Balaban J connectivity index is 2.68. The molecule has 0 fully saturated rings. The summed E-state index contributed by atoms with van der Waals surface area (Å²) >= 11 is 0. The fraction of sp³-hybridized carbons (Fsp3) is 0.125. The van der Waals surface area contributed by atoms with E-state index in [1.54, 1.807) is 0 Å². The molecule has 0 saturated heterocycles. The number of hydrogen-bond donors (Lipinski definition) is 1. The Labute approximate surface area is 78.1 Å². The topological polar surface area (TPSA) is 76.5 Å². The van der Waals surface area contributed by atoms with Crippen LogP contribution in [0.1, 0.15) is 10.4 Å². The average molecular weight is 193 g/mol. The molecule has 0 saturated carbocycles. The zero-order valence-corrected chi connectivity index (χ0v) is 7.35. The van der Waals surface area contributed by atoms with Crippen LogP contribution in [0.4, 0.5) is 0 Å². The smallest absolute Gasteiger partial charge is 0.339 e. The van der Waals surface area contributed by atoms with Gasteiger partial charge in [0.25, 0.3) is 5.56 Å². The third-order valence-electron chi connectivity index (χ3n) is 1.83. The Hall–Kier alpha value is -2.11. The van der Waals surface area contributed by atoms with Crippen molar-refractivity contribution in [2.24, 2.45) is 0 Å². The number of aromatic amines is 1. The Kier molecular flexibility index (Phi) is 1.81. The zero-order chi connectivity index (χ0) is 10.1. The van der Waals surface area contributed by atoms with Gasteiger partial charge < -0.3 is 9.72 Å². The maximum Gasteiger partial charge on any atom is 0.339 e. The first kappa shape index (κ1) is 8.49. The number of nitrogens with one attached hydrogen (secondary N) is 1. The van der Waals surface area contributed by atoms with Gasteiger partial charge in [-0.2, -0.15) is 5.10 Å². The van der Waals surface area contributed by atoms with E-state index in [2.05, 4.69) is 14.8 Å². The first-order valence-electron chi connectivity index (χ1n) is 3.87. The molecule has 1 N–H and O–H groups in total. The molecule has 2 aromatic heterocycles. The van der Waals surface area contributed by atoms with Crippen molar-refractivity contribution in [3.05, 3.63) is 34.5 Å². The van der Waals surface area contributed by atoms with E-state index in [4.69, 9.17) is 0 Å². The molecular weight excluding hydrogens is 186 g/mol. The van der Waals surface area contributed by atoms with Gasteiger partial charge in [-0.1, -0.05) is 0 Å².